The van der Waals surface area contributed by atoms with Crippen molar-refractivity contribution in [1.82, 2.24) is 0 Å². The first-order chi connectivity index (χ1) is 11.9. The minimum Gasteiger partial charge on any atom is -0.744 e. The van der Waals surface area contributed by atoms with Gasteiger partial charge >= 0.3 is 29.6 Å². The molecule has 0 fully saturated rings. The summed E-state index contributed by atoms with van der Waals surface area (Å²) in [6.07, 6.45) is 6.29. The molecule has 26 heavy (non-hydrogen) atoms. The summed E-state index contributed by atoms with van der Waals surface area (Å²) in [5.41, 5.74) is 1.84. The molecule has 0 saturated heterocycles. The van der Waals surface area contributed by atoms with Gasteiger partial charge in [-0.25, -0.2) is 8.42 Å². The molecule has 0 bridgehead atoms. The number of methoxy groups -OCH3 is 1. The van der Waals surface area contributed by atoms with Crippen LogP contribution in [0.1, 0.15) is 48.6 Å². The van der Waals surface area contributed by atoms with Crippen molar-refractivity contribution in [3.8, 4) is 5.75 Å². The Kier molecular flexibility index (Phi) is 10.5. The second kappa shape index (κ2) is 11.3. The van der Waals surface area contributed by atoms with E-state index in [2.05, 4.69) is 6.92 Å². The van der Waals surface area contributed by atoms with Crippen LogP contribution in [0.4, 0.5) is 0 Å². The Balaban J connectivity index is 0.00000338. The van der Waals surface area contributed by atoms with Crippen LogP contribution in [-0.4, -0.2) is 20.1 Å². The summed E-state index contributed by atoms with van der Waals surface area (Å²) in [5, 5.41) is 0. The summed E-state index contributed by atoms with van der Waals surface area (Å²) in [4.78, 5) is 0.954. The van der Waals surface area contributed by atoms with Crippen LogP contribution in [0.2, 0.25) is 0 Å². The van der Waals surface area contributed by atoms with Gasteiger partial charge in [0.25, 0.3) is 0 Å². The second-order valence-corrected chi connectivity index (χ2v) is 10.0. The van der Waals surface area contributed by atoms with Gasteiger partial charge in [0.15, 0.2) is 0 Å². The molecule has 0 aliphatic heterocycles. The van der Waals surface area contributed by atoms with Gasteiger partial charge in [0.1, 0.15) is 19.7 Å². The van der Waals surface area contributed by atoms with Crippen molar-refractivity contribution >= 4 is 43.0 Å². The first-order valence-corrected chi connectivity index (χ1v) is 12.1. The Labute approximate surface area is 190 Å². The van der Waals surface area contributed by atoms with Gasteiger partial charge in [-0.2, -0.15) is 0 Å². The molecule has 4 nitrogen and oxygen atoms in total. The van der Waals surface area contributed by atoms with Crippen LogP contribution in [0.25, 0.3) is 0 Å². The van der Waals surface area contributed by atoms with Gasteiger partial charge in [0.05, 0.1) is 12.0 Å². The largest absolute Gasteiger partial charge is 1.00 e. The molecule has 0 amide bonds. The molecule has 9 heteroatoms. The van der Waals surface area contributed by atoms with E-state index in [4.69, 9.17) is 17.0 Å². The number of rotatable bonds is 9. The quantitative estimate of drug-likeness (QED) is 0.197. The molecular formula is C17H21NaO4S4. The summed E-state index contributed by atoms with van der Waals surface area (Å²) in [5.74, 6) is 0.0743. The second-order valence-electron chi connectivity index (χ2n) is 5.78. The van der Waals surface area contributed by atoms with Crippen LogP contribution in [-0.2, 0) is 23.0 Å². The number of hydrogen-bond acceptors (Lipinski definition) is 7. The predicted molar refractivity (Wildman–Crippen MR) is 105 cm³/mol. The van der Waals surface area contributed by atoms with Crippen LogP contribution < -0.4 is 34.3 Å². The average Bonchev–Trinajstić information content (AvgIpc) is 2.91. The fourth-order valence-corrected chi connectivity index (χ4v) is 6.29. The Hall–Kier alpha value is 0.200. The SMILES string of the molecule is CCCCCCc1ssc(=S)c1Cc1ccc(OC)c(S(=O)(=O)[O-])c1.[Na+]. The van der Waals surface area contributed by atoms with Crippen molar-refractivity contribution in [2.24, 2.45) is 0 Å². The van der Waals surface area contributed by atoms with E-state index in [1.165, 1.54) is 43.4 Å². The molecule has 0 aliphatic rings. The van der Waals surface area contributed by atoms with Gasteiger partial charge in [-0.15, -0.1) is 0 Å². The van der Waals surface area contributed by atoms with E-state index in [0.717, 1.165) is 27.8 Å². The van der Waals surface area contributed by atoms with Gasteiger partial charge in [-0.1, -0.05) is 65.2 Å². The van der Waals surface area contributed by atoms with Gasteiger partial charge in [0, 0.05) is 11.3 Å². The van der Waals surface area contributed by atoms with Gasteiger partial charge in [-0.3, -0.25) is 0 Å². The van der Waals surface area contributed by atoms with Crippen LogP contribution >= 0.6 is 32.9 Å². The monoisotopic (exact) mass is 440 g/mol. The summed E-state index contributed by atoms with van der Waals surface area (Å²) in [6.45, 7) is 2.19. The van der Waals surface area contributed by atoms with E-state index in [9.17, 15) is 13.0 Å². The molecule has 0 N–H and O–H groups in total. The average molecular weight is 441 g/mol. The molecule has 2 aromatic rings. The Morgan fingerprint density at radius 1 is 1.19 bits per heavy atom. The maximum absolute atomic E-state index is 11.5. The smallest absolute Gasteiger partial charge is 0.744 e. The molecule has 0 aliphatic carbocycles. The van der Waals surface area contributed by atoms with Crippen LogP contribution in [0.5, 0.6) is 5.75 Å². The van der Waals surface area contributed by atoms with E-state index in [1.807, 2.05) is 0 Å². The zero-order valence-electron chi connectivity index (χ0n) is 15.2. The molecule has 0 unspecified atom stereocenters. The zero-order valence-corrected chi connectivity index (χ0v) is 20.5. The van der Waals surface area contributed by atoms with Crippen LogP contribution in [0.15, 0.2) is 23.1 Å². The fourth-order valence-electron chi connectivity index (χ4n) is 2.61. The van der Waals surface area contributed by atoms with E-state index in [0.29, 0.717) is 6.42 Å². The predicted octanol–water partition coefficient (Wildman–Crippen LogP) is 2.17. The summed E-state index contributed by atoms with van der Waals surface area (Å²) >= 11 is 5.45. The third kappa shape index (κ3) is 6.67. The van der Waals surface area contributed by atoms with E-state index in [-0.39, 0.29) is 40.2 Å². The Morgan fingerprint density at radius 2 is 1.92 bits per heavy atom. The number of unbranched alkanes of at least 4 members (excludes halogenated alkanes) is 3. The number of benzene rings is 1. The minimum absolute atomic E-state index is 0. The van der Waals surface area contributed by atoms with E-state index >= 15 is 0 Å². The van der Waals surface area contributed by atoms with Gasteiger partial charge in [-0.05, 0) is 36.1 Å². The summed E-state index contributed by atoms with van der Waals surface area (Å²) in [7, 11) is 0.0506. The van der Waals surface area contributed by atoms with Crippen LogP contribution in [0, 0.1) is 3.82 Å². The molecule has 0 saturated carbocycles. The van der Waals surface area contributed by atoms with Crippen molar-refractivity contribution < 1.29 is 47.3 Å². The molecule has 0 radical (unpaired) electrons. The first-order valence-electron chi connectivity index (χ1n) is 8.10. The normalized spacial score (nSPS) is 11.2. The van der Waals surface area contributed by atoms with Crippen molar-refractivity contribution in [2.45, 2.75) is 50.3 Å². The van der Waals surface area contributed by atoms with Crippen molar-refractivity contribution in [2.75, 3.05) is 7.11 Å². The third-order valence-corrected chi connectivity index (χ3v) is 8.09. The summed E-state index contributed by atoms with van der Waals surface area (Å²) in [6, 6.07) is 4.71. The first kappa shape index (κ1) is 24.2. The third-order valence-electron chi connectivity index (χ3n) is 3.94. The molecule has 1 aromatic heterocycles. The van der Waals surface area contributed by atoms with Gasteiger partial charge in [0.2, 0.25) is 0 Å². The van der Waals surface area contributed by atoms with E-state index in [1.54, 1.807) is 26.7 Å². The van der Waals surface area contributed by atoms with Crippen molar-refractivity contribution in [3.63, 3.8) is 0 Å². The Morgan fingerprint density at radius 3 is 2.54 bits per heavy atom. The molecular weight excluding hydrogens is 419 g/mol. The summed E-state index contributed by atoms with van der Waals surface area (Å²) < 4.78 is 40.2. The van der Waals surface area contributed by atoms with Crippen molar-refractivity contribution in [3.05, 3.63) is 38.0 Å². The van der Waals surface area contributed by atoms with Crippen LogP contribution in [0.3, 0.4) is 0 Å². The van der Waals surface area contributed by atoms with Gasteiger partial charge < -0.3 is 9.29 Å². The number of hydrogen-bond donors (Lipinski definition) is 0. The number of aryl methyl sites for hydroxylation is 1. The molecule has 0 atom stereocenters. The number of ether oxygens (including phenoxy) is 1. The molecule has 2 rings (SSSR count). The maximum Gasteiger partial charge on any atom is 1.00 e. The molecule has 138 valence electrons. The molecule has 0 spiro atoms. The minimum atomic E-state index is -4.58. The zero-order chi connectivity index (χ0) is 18.4. The standard InChI is InChI=1S/C17H22O4S4.Na/c1-3-4-5-6-7-15-13(17(22)24-23-15)10-12-8-9-14(21-2)16(11-12)25(18,19)20;/h8-9,11H,3-7,10H2,1-2H3,(H,18,19,20);/q;+1/p-1. The fraction of sp³-hybridized carbons (Fsp3) is 0.471. The Bertz CT molecular complexity index is 871. The van der Waals surface area contributed by atoms with Crippen molar-refractivity contribution in [1.29, 1.82) is 0 Å². The van der Waals surface area contributed by atoms with E-state index < -0.39 is 10.1 Å². The molecule has 1 aromatic carbocycles. The molecule has 1 heterocycles. The maximum atomic E-state index is 11.5. The topological polar surface area (TPSA) is 66.4 Å².